The predicted molar refractivity (Wildman–Crippen MR) is 85.3 cm³/mol. The van der Waals surface area contributed by atoms with E-state index in [0.717, 1.165) is 31.5 Å². The predicted octanol–water partition coefficient (Wildman–Crippen LogP) is 3.12. The van der Waals surface area contributed by atoms with Crippen molar-refractivity contribution in [1.29, 1.82) is 0 Å². The van der Waals surface area contributed by atoms with Gasteiger partial charge in [-0.2, -0.15) is 0 Å². The number of nitrogens with zero attached hydrogens (tertiary/aromatic N) is 2. The number of hydrogen-bond acceptors (Lipinski definition) is 3. The van der Waals surface area contributed by atoms with Crippen LogP contribution in [-0.2, 0) is 12.8 Å². The van der Waals surface area contributed by atoms with Crippen molar-refractivity contribution in [2.45, 2.75) is 44.6 Å². The summed E-state index contributed by atoms with van der Waals surface area (Å²) in [6, 6.07) is 10.9. The Morgan fingerprint density at radius 2 is 2.10 bits per heavy atom. The number of pyridine rings is 2. The van der Waals surface area contributed by atoms with Crippen LogP contribution in [0.1, 0.15) is 42.6 Å². The van der Waals surface area contributed by atoms with Crippen LogP contribution in [0.2, 0.25) is 0 Å². The van der Waals surface area contributed by atoms with Crippen LogP contribution in [0.15, 0.2) is 42.7 Å². The molecule has 0 aliphatic heterocycles. The number of rotatable bonds is 6. The van der Waals surface area contributed by atoms with E-state index in [0.29, 0.717) is 12.0 Å². The third-order valence-corrected chi connectivity index (χ3v) is 4.30. The Hall–Kier alpha value is -1.74. The lowest BCUT2D eigenvalue weighted by atomic mass is 9.92. The highest BCUT2D eigenvalue weighted by atomic mass is 14.9. The van der Waals surface area contributed by atoms with Crippen LogP contribution < -0.4 is 5.32 Å². The van der Waals surface area contributed by atoms with E-state index in [9.17, 15) is 0 Å². The largest absolute Gasteiger partial charge is 0.313 e. The van der Waals surface area contributed by atoms with Crippen molar-refractivity contribution in [3.8, 4) is 0 Å². The van der Waals surface area contributed by atoms with Gasteiger partial charge in [0.25, 0.3) is 0 Å². The van der Waals surface area contributed by atoms with Crippen LogP contribution in [0.5, 0.6) is 0 Å². The van der Waals surface area contributed by atoms with E-state index in [1.54, 1.807) is 0 Å². The lowest BCUT2D eigenvalue weighted by Gasteiger charge is -2.25. The molecule has 2 aromatic rings. The van der Waals surface area contributed by atoms with Crippen molar-refractivity contribution in [3.05, 3.63) is 59.7 Å². The molecule has 0 spiro atoms. The van der Waals surface area contributed by atoms with Gasteiger partial charge in [-0.25, -0.2) is 0 Å². The minimum atomic E-state index is 0.427. The Labute approximate surface area is 126 Å². The summed E-state index contributed by atoms with van der Waals surface area (Å²) in [5, 5.41) is 3.72. The Morgan fingerprint density at radius 1 is 1.19 bits per heavy atom. The first-order valence-corrected chi connectivity index (χ1v) is 7.95. The van der Waals surface area contributed by atoms with E-state index in [2.05, 4.69) is 46.5 Å². The molecule has 2 aromatic heterocycles. The number of aromatic nitrogens is 2. The van der Waals surface area contributed by atoms with Crippen LogP contribution in [0.25, 0.3) is 0 Å². The van der Waals surface area contributed by atoms with Crippen molar-refractivity contribution in [2.24, 2.45) is 0 Å². The zero-order valence-electron chi connectivity index (χ0n) is 12.6. The van der Waals surface area contributed by atoms with E-state index in [1.807, 2.05) is 18.5 Å². The lowest BCUT2D eigenvalue weighted by Crippen LogP contribution is -2.37. The minimum absolute atomic E-state index is 0.427. The highest BCUT2D eigenvalue weighted by Gasteiger charge is 2.30. The van der Waals surface area contributed by atoms with Crippen molar-refractivity contribution in [1.82, 2.24) is 15.3 Å². The molecule has 1 N–H and O–H groups in total. The van der Waals surface area contributed by atoms with Crippen LogP contribution >= 0.6 is 0 Å². The van der Waals surface area contributed by atoms with E-state index in [-0.39, 0.29) is 0 Å². The van der Waals surface area contributed by atoms with Crippen LogP contribution in [0.4, 0.5) is 0 Å². The first kappa shape index (κ1) is 14.2. The van der Waals surface area contributed by atoms with Gasteiger partial charge in [-0.3, -0.25) is 9.97 Å². The molecule has 3 rings (SSSR count). The minimum Gasteiger partial charge on any atom is -0.313 e. The zero-order valence-corrected chi connectivity index (χ0v) is 12.6. The van der Waals surface area contributed by atoms with Gasteiger partial charge in [0.05, 0.1) is 0 Å². The van der Waals surface area contributed by atoms with Crippen LogP contribution in [0.3, 0.4) is 0 Å². The smallest absolute Gasteiger partial charge is 0.0482 e. The highest BCUT2D eigenvalue weighted by molar-refractivity contribution is 5.30. The number of fused-ring (bicyclic) bond motifs is 1. The molecule has 0 amide bonds. The Balaban J connectivity index is 1.80. The number of hydrogen-bond donors (Lipinski definition) is 1. The number of nitrogens with one attached hydrogen (secondary N) is 1. The molecule has 2 atom stereocenters. The maximum Gasteiger partial charge on any atom is 0.0482 e. The molecule has 0 saturated carbocycles. The summed E-state index contributed by atoms with van der Waals surface area (Å²) in [4.78, 5) is 9.14. The molecule has 0 aromatic carbocycles. The fourth-order valence-corrected chi connectivity index (χ4v) is 3.27. The molecule has 110 valence electrons. The molecule has 2 unspecified atom stereocenters. The quantitative estimate of drug-likeness (QED) is 0.884. The van der Waals surface area contributed by atoms with Crippen molar-refractivity contribution in [3.63, 3.8) is 0 Å². The summed E-state index contributed by atoms with van der Waals surface area (Å²) in [5.41, 5.74) is 3.88. The maximum atomic E-state index is 4.65. The van der Waals surface area contributed by atoms with Gasteiger partial charge in [0.1, 0.15) is 0 Å². The topological polar surface area (TPSA) is 37.8 Å². The van der Waals surface area contributed by atoms with Gasteiger partial charge >= 0.3 is 0 Å². The van der Waals surface area contributed by atoms with Gasteiger partial charge in [-0.1, -0.05) is 19.1 Å². The summed E-state index contributed by atoms with van der Waals surface area (Å²) in [6.45, 7) is 3.27. The first-order valence-electron chi connectivity index (χ1n) is 7.95. The summed E-state index contributed by atoms with van der Waals surface area (Å²) in [7, 11) is 0. The van der Waals surface area contributed by atoms with Crippen molar-refractivity contribution >= 4 is 0 Å². The van der Waals surface area contributed by atoms with Gasteiger partial charge in [-0.15, -0.1) is 0 Å². The van der Waals surface area contributed by atoms with Gasteiger partial charge in [0.15, 0.2) is 0 Å². The maximum absolute atomic E-state index is 4.65. The Kier molecular flexibility index (Phi) is 4.61. The lowest BCUT2D eigenvalue weighted by molar-refractivity contribution is 0.418. The van der Waals surface area contributed by atoms with Gasteiger partial charge in [0.2, 0.25) is 0 Å². The zero-order chi connectivity index (χ0) is 14.5. The fourth-order valence-electron chi connectivity index (χ4n) is 3.27. The molecule has 3 heteroatoms. The van der Waals surface area contributed by atoms with E-state index in [4.69, 9.17) is 0 Å². The van der Waals surface area contributed by atoms with Crippen molar-refractivity contribution < 1.29 is 0 Å². The standard InChI is InChI=1S/C18H23N3/c1-2-10-20-17(13-15-7-3-4-11-19-15)16-9-8-14-6-5-12-21-18(14)16/h3-7,11-12,16-17,20H,2,8-10,13H2,1H3. The van der Waals surface area contributed by atoms with Gasteiger partial charge in [0, 0.05) is 42.2 Å². The molecular weight excluding hydrogens is 258 g/mol. The van der Waals surface area contributed by atoms with E-state index in [1.165, 1.54) is 17.7 Å². The first-order chi connectivity index (χ1) is 10.4. The highest BCUT2D eigenvalue weighted by Crippen LogP contribution is 2.34. The van der Waals surface area contributed by atoms with Gasteiger partial charge in [-0.05, 0) is 49.6 Å². The summed E-state index contributed by atoms with van der Waals surface area (Å²) in [6.07, 6.45) is 8.28. The molecule has 1 aliphatic carbocycles. The third-order valence-electron chi connectivity index (χ3n) is 4.30. The molecule has 21 heavy (non-hydrogen) atoms. The summed E-state index contributed by atoms with van der Waals surface area (Å²) in [5.74, 6) is 0.509. The second-order valence-electron chi connectivity index (χ2n) is 5.78. The number of aryl methyl sites for hydroxylation is 1. The molecule has 0 bridgehead atoms. The molecule has 0 saturated heterocycles. The average Bonchev–Trinajstić information content (AvgIpc) is 2.96. The van der Waals surface area contributed by atoms with E-state index < -0.39 is 0 Å². The van der Waals surface area contributed by atoms with Gasteiger partial charge < -0.3 is 5.32 Å². The Morgan fingerprint density at radius 3 is 2.90 bits per heavy atom. The molecule has 0 fully saturated rings. The van der Waals surface area contributed by atoms with Crippen molar-refractivity contribution in [2.75, 3.05) is 6.54 Å². The molecular formula is C18H23N3. The molecule has 1 aliphatic rings. The second kappa shape index (κ2) is 6.81. The molecule has 0 radical (unpaired) electrons. The normalized spacial score (nSPS) is 18.4. The average molecular weight is 281 g/mol. The summed E-state index contributed by atoms with van der Waals surface area (Å²) >= 11 is 0. The third kappa shape index (κ3) is 3.30. The van der Waals surface area contributed by atoms with Crippen LogP contribution in [0, 0.1) is 0 Å². The monoisotopic (exact) mass is 281 g/mol. The molecule has 2 heterocycles. The van der Waals surface area contributed by atoms with E-state index >= 15 is 0 Å². The SMILES string of the molecule is CCCNC(Cc1ccccn1)C1CCc2cccnc21. The Bertz CT molecular complexity index is 568. The van der Waals surface area contributed by atoms with Crippen LogP contribution in [-0.4, -0.2) is 22.6 Å². The fraction of sp³-hybridized carbons (Fsp3) is 0.444. The molecule has 3 nitrogen and oxygen atoms in total. The summed E-state index contributed by atoms with van der Waals surface area (Å²) < 4.78 is 0. The second-order valence-corrected chi connectivity index (χ2v) is 5.78.